The third kappa shape index (κ3) is 3.02. The summed E-state index contributed by atoms with van der Waals surface area (Å²) in [7, 11) is 0. The van der Waals surface area contributed by atoms with Crippen LogP contribution in [0.3, 0.4) is 0 Å². The van der Waals surface area contributed by atoms with Gasteiger partial charge in [0, 0.05) is 31.6 Å². The molecule has 4 aliphatic rings. The fraction of sp³-hybridized carbons (Fsp3) is 0.895. The summed E-state index contributed by atoms with van der Waals surface area (Å²) >= 11 is 0. The molecule has 5 nitrogen and oxygen atoms in total. The highest BCUT2D eigenvalue weighted by Crippen LogP contribution is 2.50. The van der Waals surface area contributed by atoms with Crippen LogP contribution in [-0.4, -0.2) is 47.4 Å². The van der Waals surface area contributed by atoms with Gasteiger partial charge in [-0.05, 0) is 69.1 Å². The highest BCUT2D eigenvalue weighted by molar-refractivity contribution is 5.80. The summed E-state index contributed by atoms with van der Waals surface area (Å²) in [6.07, 6.45) is 10.9. The van der Waals surface area contributed by atoms with Crippen LogP contribution in [0.5, 0.6) is 0 Å². The molecule has 24 heavy (non-hydrogen) atoms. The standard InChI is InChI=1S/C19H31N3O2/c20-19(24)21-8-5-14(6-9-21)18(23)22-7-1-2-17(22)12-16-11-13-3-4-15(16)10-13/h13-17H,1-12H2,(H2,20,24)/t13-,15-,16-,17+/m0/s1. The predicted octanol–water partition coefficient (Wildman–Crippen LogP) is 2.59. The van der Waals surface area contributed by atoms with Gasteiger partial charge in [0.05, 0.1) is 0 Å². The largest absolute Gasteiger partial charge is 0.351 e. The fourth-order valence-corrected chi connectivity index (χ4v) is 5.97. The van der Waals surface area contributed by atoms with Gasteiger partial charge < -0.3 is 15.5 Å². The first-order chi connectivity index (χ1) is 11.6. The summed E-state index contributed by atoms with van der Waals surface area (Å²) in [4.78, 5) is 28.1. The van der Waals surface area contributed by atoms with Crippen molar-refractivity contribution in [1.82, 2.24) is 9.80 Å². The molecule has 0 spiro atoms. The number of hydrogen-bond donors (Lipinski definition) is 1. The van der Waals surface area contributed by atoms with Crippen LogP contribution in [0.15, 0.2) is 0 Å². The number of amides is 3. The quantitative estimate of drug-likeness (QED) is 0.862. The van der Waals surface area contributed by atoms with E-state index in [1.807, 2.05) is 0 Å². The second kappa shape index (κ2) is 6.57. The average molecular weight is 333 g/mol. The Hall–Kier alpha value is -1.26. The van der Waals surface area contributed by atoms with Gasteiger partial charge in [0.2, 0.25) is 5.91 Å². The van der Waals surface area contributed by atoms with Crippen molar-refractivity contribution in [3.63, 3.8) is 0 Å². The van der Waals surface area contributed by atoms with Crippen LogP contribution < -0.4 is 5.73 Å². The highest BCUT2D eigenvalue weighted by Gasteiger charge is 2.42. The highest BCUT2D eigenvalue weighted by atomic mass is 16.2. The monoisotopic (exact) mass is 333 g/mol. The van der Waals surface area contributed by atoms with Gasteiger partial charge in [-0.1, -0.05) is 6.42 Å². The number of fused-ring (bicyclic) bond motifs is 2. The zero-order valence-corrected chi connectivity index (χ0v) is 14.7. The Morgan fingerprint density at radius 1 is 0.958 bits per heavy atom. The molecule has 4 atom stereocenters. The minimum Gasteiger partial charge on any atom is -0.351 e. The SMILES string of the molecule is NC(=O)N1CCC(C(=O)N2CCC[C@@H]2C[C@@H]2C[C@H]3CC[C@H]2C3)CC1. The maximum absolute atomic E-state index is 13.0. The molecule has 0 unspecified atom stereocenters. The number of rotatable bonds is 3. The minimum absolute atomic E-state index is 0.0984. The number of piperidine rings is 1. The topological polar surface area (TPSA) is 66.6 Å². The van der Waals surface area contributed by atoms with Gasteiger partial charge in [-0.15, -0.1) is 0 Å². The lowest BCUT2D eigenvalue weighted by atomic mass is 9.83. The molecule has 4 fully saturated rings. The van der Waals surface area contributed by atoms with Gasteiger partial charge in [0.25, 0.3) is 0 Å². The minimum atomic E-state index is -0.351. The number of primary amides is 1. The van der Waals surface area contributed by atoms with Gasteiger partial charge >= 0.3 is 6.03 Å². The van der Waals surface area contributed by atoms with Crippen molar-refractivity contribution < 1.29 is 9.59 Å². The fourth-order valence-electron chi connectivity index (χ4n) is 5.97. The molecule has 134 valence electrons. The summed E-state index contributed by atoms with van der Waals surface area (Å²) in [6.45, 7) is 2.22. The third-order valence-corrected chi connectivity index (χ3v) is 7.28. The van der Waals surface area contributed by atoms with E-state index in [4.69, 9.17) is 5.73 Å². The van der Waals surface area contributed by atoms with Gasteiger partial charge in [-0.3, -0.25) is 4.79 Å². The van der Waals surface area contributed by atoms with Crippen LogP contribution >= 0.6 is 0 Å². The summed E-state index contributed by atoms with van der Waals surface area (Å²) in [5.41, 5.74) is 5.35. The average Bonchev–Trinajstić information content (AvgIpc) is 3.31. The van der Waals surface area contributed by atoms with Crippen molar-refractivity contribution in [1.29, 1.82) is 0 Å². The summed E-state index contributed by atoms with van der Waals surface area (Å²) in [6, 6.07) is 0.132. The molecule has 3 amide bonds. The summed E-state index contributed by atoms with van der Waals surface area (Å²) in [5.74, 6) is 3.26. The molecule has 2 N–H and O–H groups in total. The first-order valence-corrected chi connectivity index (χ1v) is 9.96. The van der Waals surface area contributed by atoms with Gasteiger partial charge in [-0.25, -0.2) is 4.79 Å². The number of hydrogen-bond acceptors (Lipinski definition) is 2. The number of likely N-dealkylation sites (tertiary alicyclic amines) is 2. The van der Waals surface area contributed by atoms with Crippen molar-refractivity contribution in [3.05, 3.63) is 0 Å². The van der Waals surface area contributed by atoms with Crippen LogP contribution in [0.1, 0.15) is 57.8 Å². The second-order valence-corrected chi connectivity index (χ2v) is 8.60. The molecule has 4 rings (SSSR count). The number of urea groups is 1. The Balaban J connectivity index is 1.33. The van der Waals surface area contributed by atoms with E-state index in [0.29, 0.717) is 25.0 Å². The Morgan fingerprint density at radius 3 is 2.38 bits per heavy atom. The molecule has 0 aromatic rings. The van der Waals surface area contributed by atoms with Crippen LogP contribution in [0, 0.1) is 23.7 Å². The summed E-state index contributed by atoms with van der Waals surface area (Å²) < 4.78 is 0. The van der Waals surface area contributed by atoms with Crippen molar-refractivity contribution in [3.8, 4) is 0 Å². The van der Waals surface area contributed by atoms with E-state index in [2.05, 4.69) is 4.90 Å². The molecule has 0 aromatic heterocycles. The number of nitrogens with zero attached hydrogens (tertiary/aromatic N) is 2. The van der Waals surface area contributed by atoms with E-state index < -0.39 is 0 Å². The Labute approximate surface area is 144 Å². The molecular formula is C19H31N3O2. The molecule has 0 radical (unpaired) electrons. The number of carbonyl (C=O) groups is 2. The molecule has 2 saturated carbocycles. The maximum atomic E-state index is 13.0. The van der Waals surface area contributed by atoms with Crippen molar-refractivity contribution in [2.45, 2.75) is 63.8 Å². The Kier molecular flexibility index (Phi) is 4.44. The molecule has 2 bridgehead atoms. The normalized spacial score (nSPS) is 36.5. The smallest absolute Gasteiger partial charge is 0.314 e. The van der Waals surface area contributed by atoms with Gasteiger partial charge in [0.1, 0.15) is 0 Å². The molecular weight excluding hydrogens is 302 g/mol. The molecule has 2 heterocycles. The van der Waals surface area contributed by atoms with E-state index in [1.165, 1.54) is 38.5 Å². The zero-order valence-electron chi connectivity index (χ0n) is 14.7. The molecule has 2 aliphatic heterocycles. The van der Waals surface area contributed by atoms with Crippen LogP contribution in [-0.2, 0) is 4.79 Å². The maximum Gasteiger partial charge on any atom is 0.314 e. The van der Waals surface area contributed by atoms with E-state index in [0.717, 1.165) is 43.6 Å². The van der Waals surface area contributed by atoms with Crippen LogP contribution in [0.25, 0.3) is 0 Å². The lowest BCUT2D eigenvalue weighted by Gasteiger charge is -2.35. The van der Waals surface area contributed by atoms with E-state index >= 15 is 0 Å². The number of carbonyl (C=O) groups excluding carboxylic acids is 2. The molecule has 2 saturated heterocycles. The van der Waals surface area contributed by atoms with Crippen LogP contribution in [0.2, 0.25) is 0 Å². The first kappa shape index (κ1) is 16.2. The van der Waals surface area contributed by atoms with Gasteiger partial charge in [-0.2, -0.15) is 0 Å². The zero-order chi connectivity index (χ0) is 16.7. The lowest BCUT2D eigenvalue weighted by molar-refractivity contribution is -0.138. The number of nitrogens with two attached hydrogens (primary N) is 1. The van der Waals surface area contributed by atoms with Gasteiger partial charge in [0.15, 0.2) is 0 Å². The van der Waals surface area contributed by atoms with Crippen molar-refractivity contribution in [2.24, 2.45) is 29.4 Å². The van der Waals surface area contributed by atoms with Crippen molar-refractivity contribution in [2.75, 3.05) is 19.6 Å². The van der Waals surface area contributed by atoms with E-state index in [9.17, 15) is 9.59 Å². The summed E-state index contributed by atoms with van der Waals surface area (Å²) in [5, 5.41) is 0. The first-order valence-electron chi connectivity index (χ1n) is 9.96. The molecule has 5 heteroatoms. The van der Waals surface area contributed by atoms with E-state index in [-0.39, 0.29) is 11.9 Å². The van der Waals surface area contributed by atoms with Crippen LogP contribution in [0.4, 0.5) is 4.79 Å². The van der Waals surface area contributed by atoms with Crippen molar-refractivity contribution >= 4 is 11.9 Å². The lowest BCUT2D eigenvalue weighted by Crippen LogP contribution is -2.47. The second-order valence-electron chi connectivity index (χ2n) is 8.60. The molecule has 0 aromatic carbocycles. The Morgan fingerprint density at radius 2 is 1.75 bits per heavy atom. The van der Waals surface area contributed by atoms with E-state index in [1.54, 1.807) is 4.90 Å². The predicted molar refractivity (Wildman–Crippen MR) is 92.2 cm³/mol. The Bertz CT molecular complexity index is 501. The third-order valence-electron chi connectivity index (χ3n) is 7.28. The molecule has 2 aliphatic carbocycles.